The highest BCUT2D eigenvalue weighted by Crippen LogP contribution is 2.42. The van der Waals surface area contributed by atoms with Gasteiger partial charge in [-0.3, -0.25) is 9.11 Å². The maximum Gasteiger partial charge on any atom is 0.446 e. The van der Waals surface area contributed by atoms with Crippen molar-refractivity contribution < 1.29 is 62.1 Å². The van der Waals surface area contributed by atoms with Crippen LogP contribution in [-0.4, -0.2) is 53.2 Å². The summed E-state index contributed by atoms with van der Waals surface area (Å²) in [6.07, 6.45) is 2.02. The standard InChI is InChI=1S/C36H24Br4O14S2/c1-48-27-6-4-19(14-23(27)37)29-16-21-8-17(10-25(39)33(21)51-29)12-30(53-55(42,43)44)31(54-56(45,46)47)13-18-9-22-32(36(41)50-3)34(52-35(22)26(40)11-18)20-5-7-28(49-2)24(38)15-20/h4-16H,1-3H3,(H,42,43,44)(H,45,46,47)/b30-12-,31-13-. The molecule has 0 saturated heterocycles. The second kappa shape index (κ2) is 16.4. The molecule has 0 spiro atoms. The number of rotatable bonds is 12. The van der Waals surface area contributed by atoms with E-state index in [-0.39, 0.29) is 37.9 Å². The number of methoxy groups -OCH3 is 3. The third kappa shape index (κ3) is 9.18. The van der Waals surface area contributed by atoms with E-state index in [0.717, 1.165) is 12.2 Å². The number of benzene rings is 4. The summed E-state index contributed by atoms with van der Waals surface area (Å²) in [5.74, 6) is -0.858. The second-order valence-corrected chi connectivity index (χ2v) is 16.9. The Morgan fingerprint density at radius 1 is 0.643 bits per heavy atom. The lowest BCUT2D eigenvalue weighted by molar-refractivity contribution is 0.0603. The van der Waals surface area contributed by atoms with Gasteiger partial charge < -0.3 is 31.4 Å². The largest absolute Gasteiger partial charge is 0.496 e. The molecule has 2 heterocycles. The van der Waals surface area contributed by atoms with E-state index < -0.39 is 38.3 Å². The van der Waals surface area contributed by atoms with Crippen molar-refractivity contribution in [1.82, 2.24) is 0 Å². The number of ether oxygens (including phenoxy) is 3. The third-order valence-corrected chi connectivity index (χ3v) is 11.0. The highest BCUT2D eigenvalue weighted by atomic mass is 79.9. The molecule has 0 aliphatic heterocycles. The molecule has 20 heteroatoms. The quantitative estimate of drug-likeness (QED) is 0.0508. The molecule has 0 aliphatic rings. The van der Waals surface area contributed by atoms with Gasteiger partial charge in [-0.25, -0.2) is 4.79 Å². The SMILES string of the molecule is COC(=O)c1c(-c2ccc(OC)c(Br)c2)oc2c(Br)cc(/C=C(OS(=O)(=O)O)/C(=C/c3cc(Br)c4oc(-c5ccc(OC)c(Br)c5)cc4c3)OS(=O)(=O)O)cc12. The normalized spacial score (nSPS) is 12.6. The molecule has 6 aromatic rings. The highest BCUT2D eigenvalue weighted by molar-refractivity contribution is 9.11. The van der Waals surface area contributed by atoms with Crippen molar-refractivity contribution in [1.29, 1.82) is 0 Å². The second-order valence-electron chi connectivity index (χ2n) is 11.4. The van der Waals surface area contributed by atoms with Crippen LogP contribution >= 0.6 is 63.7 Å². The zero-order chi connectivity index (χ0) is 40.7. The Bertz CT molecular complexity index is 2840. The van der Waals surface area contributed by atoms with Gasteiger partial charge in [-0.15, -0.1) is 0 Å². The monoisotopic (exact) mass is 1060 g/mol. The van der Waals surface area contributed by atoms with E-state index in [9.17, 15) is 30.7 Å². The van der Waals surface area contributed by atoms with Crippen LogP contribution in [0.5, 0.6) is 11.5 Å². The van der Waals surface area contributed by atoms with Gasteiger partial charge in [-0.05, 0) is 154 Å². The molecule has 6 rings (SSSR count). The molecule has 0 fully saturated rings. The van der Waals surface area contributed by atoms with E-state index in [1.807, 2.05) is 0 Å². The molecule has 0 radical (unpaired) electrons. The van der Waals surface area contributed by atoms with Gasteiger partial charge in [-0.2, -0.15) is 16.8 Å². The van der Waals surface area contributed by atoms with Crippen LogP contribution in [0.25, 0.3) is 56.7 Å². The molecule has 292 valence electrons. The summed E-state index contributed by atoms with van der Waals surface area (Å²) in [5.41, 5.74) is 2.01. The van der Waals surface area contributed by atoms with Crippen molar-refractivity contribution >= 4 is 125 Å². The van der Waals surface area contributed by atoms with Crippen molar-refractivity contribution in [3.63, 3.8) is 0 Å². The van der Waals surface area contributed by atoms with E-state index in [2.05, 4.69) is 63.7 Å². The lowest BCUT2D eigenvalue weighted by Gasteiger charge is -2.12. The summed E-state index contributed by atoms with van der Waals surface area (Å²) in [4.78, 5) is 13.2. The fraction of sp³-hybridized carbons (Fsp3) is 0.0833. The number of hydrogen-bond donors (Lipinski definition) is 2. The first-order valence-corrected chi connectivity index (χ1v) is 21.3. The fourth-order valence-corrected chi connectivity index (χ4v) is 8.49. The van der Waals surface area contributed by atoms with Crippen LogP contribution in [0.1, 0.15) is 21.5 Å². The molecule has 0 unspecified atom stereocenters. The van der Waals surface area contributed by atoms with Crippen molar-refractivity contribution in [2.24, 2.45) is 0 Å². The Hall–Kier alpha value is -4.15. The first kappa shape index (κ1) is 41.5. The summed E-state index contributed by atoms with van der Waals surface area (Å²) >= 11 is 13.7. The van der Waals surface area contributed by atoms with E-state index in [0.29, 0.717) is 52.8 Å². The maximum atomic E-state index is 13.2. The van der Waals surface area contributed by atoms with Crippen LogP contribution in [-0.2, 0) is 33.9 Å². The minimum Gasteiger partial charge on any atom is -0.496 e. The molecule has 0 aliphatic carbocycles. The highest BCUT2D eigenvalue weighted by Gasteiger charge is 2.27. The van der Waals surface area contributed by atoms with Gasteiger partial charge in [0.15, 0.2) is 11.5 Å². The molecule has 56 heavy (non-hydrogen) atoms. The number of furan rings is 2. The van der Waals surface area contributed by atoms with Crippen molar-refractivity contribution in [3.8, 4) is 34.1 Å². The molecule has 14 nitrogen and oxygen atoms in total. The average Bonchev–Trinajstić information content (AvgIpc) is 3.73. The maximum absolute atomic E-state index is 13.2. The Labute approximate surface area is 352 Å². The predicted molar refractivity (Wildman–Crippen MR) is 220 cm³/mol. The minimum absolute atomic E-state index is 0.0163. The number of carbonyl (C=O) groups is 1. The molecular formula is C36H24Br4O14S2. The van der Waals surface area contributed by atoms with Crippen LogP contribution in [0.3, 0.4) is 0 Å². The number of fused-ring (bicyclic) bond motifs is 2. The minimum atomic E-state index is -5.36. The number of carbonyl (C=O) groups excluding carboxylic acids is 1. The van der Waals surface area contributed by atoms with Gasteiger partial charge in [0.05, 0.1) is 39.2 Å². The molecule has 0 atom stereocenters. The lowest BCUT2D eigenvalue weighted by Crippen LogP contribution is -2.11. The molecule has 0 bridgehead atoms. The van der Waals surface area contributed by atoms with Crippen LogP contribution in [0.4, 0.5) is 0 Å². The zero-order valence-corrected chi connectivity index (χ0v) is 36.6. The van der Waals surface area contributed by atoms with E-state index in [1.54, 1.807) is 48.5 Å². The van der Waals surface area contributed by atoms with Gasteiger partial charge in [0.1, 0.15) is 39.7 Å². The number of esters is 1. The van der Waals surface area contributed by atoms with Gasteiger partial charge in [-0.1, -0.05) is 0 Å². The molecule has 0 amide bonds. The first-order valence-electron chi connectivity index (χ1n) is 15.4. The van der Waals surface area contributed by atoms with Crippen LogP contribution < -0.4 is 9.47 Å². The Kier molecular flexibility index (Phi) is 12.1. The smallest absolute Gasteiger partial charge is 0.446 e. The van der Waals surface area contributed by atoms with Gasteiger partial charge in [0.2, 0.25) is 0 Å². The van der Waals surface area contributed by atoms with Gasteiger partial charge in [0, 0.05) is 21.9 Å². The summed E-state index contributed by atoms with van der Waals surface area (Å²) < 4.78 is 107. The van der Waals surface area contributed by atoms with E-state index >= 15 is 0 Å². The molecule has 2 N–H and O–H groups in total. The van der Waals surface area contributed by atoms with Crippen molar-refractivity contribution in [2.75, 3.05) is 21.3 Å². The summed E-state index contributed by atoms with van der Waals surface area (Å²) in [7, 11) is -6.50. The molecule has 4 aromatic carbocycles. The summed E-state index contributed by atoms with van der Waals surface area (Å²) in [5, 5.41) is 0.699. The first-order chi connectivity index (χ1) is 26.4. The molecular weight excluding hydrogens is 1040 g/mol. The third-order valence-electron chi connectivity index (χ3n) is 7.83. The fourth-order valence-electron chi connectivity index (χ4n) is 5.56. The molecule has 2 aromatic heterocycles. The van der Waals surface area contributed by atoms with Crippen LogP contribution in [0, 0.1) is 0 Å². The predicted octanol–water partition coefficient (Wildman–Crippen LogP) is 10.4. The van der Waals surface area contributed by atoms with E-state index in [1.165, 1.54) is 39.5 Å². The van der Waals surface area contributed by atoms with E-state index in [4.69, 9.17) is 31.4 Å². The van der Waals surface area contributed by atoms with Crippen molar-refractivity contribution in [3.05, 3.63) is 113 Å². The van der Waals surface area contributed by atoms with Crippen molar-refractivity contribution in [2.45, 2.75) is 0 Å². The molecule has 0 saturated carbocycles. The number of halogens is 4. The Morgan fingerprint density at radius 3 is 1.68 bits per heavy atom. The average molecular weight is 1060 g/mol. The van der Waals surface area contributed by atoms with Crippen LogP contribution in [0.2, 0.25) is 0 Å². The zero-order valence-electron chi connectivity index (χ0n) is 28.6. The summed E-state index contributed by atoms with van der Waals surface area (Å²) in [6, 6.07) is 17.9. The summed E-state index contributed by atoms with van der Waals surface area (Å²) in [6.45, 7) is 0. The Balaban J connectivity index is 1.52. The topological polar surface area (TPSA) is 198 Å². The van der Waals surface area contributed by atoms with Gasteiger partial charge >= 0.3 is 26.8 Å². The van der Waals surface area contributed by atoms with Crippen LogP contribution in [0.15, 0.2) is 105 Å². The Morgan fingerprint density at radius 2 is 1.16 bits per heavy atom. The number of hydrogen-bond acceptors (Lipinski definition) is 12. The van der Waals surface area contributed by atoms with Gasteiger partial charge in [0.25, 0.3) is 0 Å². The lowest BCUT2D eigenvalue weighted by atomic mass is 10.0.